The Morgan fingerprint density at radius 3 is 2.38 bits per heavy atom. The molecular weight excluding hydrogens is 162 g/mol. The third-order valence-corrected chi connectivity index (χ3v) is 2.02. The van der Waals surface area contributed by atoms with Gasteiger partial charge in [-0.05, 0) is 17.4 Å². The molecule has 13 heavy (non-hydrogen) atoms. The Kier molecular flexibility index (Phi) is 3.18. The van der Waals surface area contributed by atoms with Gasteiger partial charge in [0.2, 0.25) is 0 Å². The van der Waals surface area contributed by atoms with E-state index < -0.39 is 0 Å². The fraction of sp³-hybridized carbons (Fsp3) is 0.455. The zero-order valence-electron chi connectivity index (χ0n) is 8.16. The Morgan fingerprint density at radius 1 is 1.23 bits per heavy atom. The van der Waals surface area contributed by atoms with Gasteiger partial charge in [-0.1, -0.05) is 49.4 Å². The molecule has 0 saturated heterocycles. The molecule has 0 saturated carbocycles. The van der Waals surface area contributed by atoms with Crippen LogP contribution in [-0.2, 0) is 6.42 Å². The molecule has 1 aromatic carbocycles. The SMILES string of the molecule is CC(C)(CN=O)Cc1ccccc1. The van der Waals surface area contributed by atoms with Crippen molar-refractivity contribution in [1.82, 2.24) is 0 Å². The zero-order valence-corrected chi connectivity index (χ0v) is 8.16. The van der Waals surface area contributed by atoms with Gasteiger partial charge in [-0.3, -0.25) is 0 Å². The number of hydrogen-bond donors (Lipinski definition) is 0. The van der Waals surface area contributed by atoms with Crippen LogP contribution in [0.3, 0.4) is 0 Å². The predicted octanol–water partition coefficient (Wildman–Crippen LogP) is 3.02. The van der Waals surface area contributed by atoms with Crippen molar-refractivity contribution in [3.63, 3.8) is 0 Å². The first-order valence-electron chi connectivity index (χ1n) is 4.47. The summed E-state index contributed by atoms with van der Waals surface area (Å²) in [6.07, 6.45) is 0.902. The van der Waals surface area contributed by atoms with Crippen LogP contribution in [0.25, 0.3) is 0 Å². The van der Waals surface area contributed by atoms with Crippen molar-refractivity contribution in [2.45, 2.75) is 20.3 Å². The van der Waals surface area contributed by atoms with Crippen LogP contribution in [0.5, 0.6) is 0 Å². The minimum atomic E-state index is -0.0247. The van der Waals surface area contributed by atoms with E-state index in [9.17, 15) is 4.91 Å². The molecule has 0 spiro atoms. The molecule has 2 heteroatoms. The molecule has 1 rings (SSSR count). The molecule has 0 aromatic heterocycles. The fourth-order valence-corrected chi connectivity index (χ4v) is 1.38. The standard InChI is InChI=1S/C11H15NO/c1-11(2,9-12-13)8-10-6-4-3-5-7-10/h3-7H,8-9H2,1-2H3. The van der Waals surface area contributed by atoms with Crippen LogP contribution >= 0.6 is 0 Å². The topological polar surface area (TPSA) is 29.4 Å². The smallest absolute Gasteiger partial charge is 0.0865 e. The lowest BCUT2D eigenvalue weighted by atomic mass is 9.86. The highest BCUT2D eigenvalue weighted by molar-refractivity contribution is 5.16. The summed E-state index contributed by atoms with van der Waals surface area (Å²) < 4.78 is 0. The summed E-state index contributed by atoms with van der Waals surface area (Å²) in [5, 5.41) is 2.95. The lowest BCUT2D eigenvalue weighted by molar-refractivity contribution is 0.377. The van der Waals surface area contributed by atoms with E-state index in [2.05, 4.69) is 31.2 Å². The molecule has 0 aliphatic carbocycles. The summed E-state index contributed by atoms with van der Waals surface area (Å²) in [5.74, 6) is 0. The average Bonchev–Trinajstić information content (AvgIpc) is 2.04. The van der Waals surface area contributed by atoms with Crippen LogP contribution in [0.4, 0.5) is 0 Å². The van der Waals surface area contributed by atoms with E-state index in [0.717, 1.165) is 6.42 Å². The normalized spacial score (nSPS) is 11.2. The van der Waals surface area contributed by atoms with Crippen molar-refractivity contribution < 1.29 is 0 Å². The number of hydrogen-bond acceptors (Lipinski definition) is 2. The van der Waals surface area contributed by atoms with E-state index in [1.54, 1.807) is 0 Å². The highest BCUT2D eigenvalue weighted by atomic mass is 16.3. The first-order valence-corrected chi connectivity index (χ1v) is 4.47. The number of nitrogens with zero attached hydrogens (tertiary/aromatic N) is 1. The summed E-state index contributed by atoms with van der Waals surface area (Å²) in [5.41, 5.74) is 1.24. The van der Waals surface area contributed by atoms with Crippen LogP contribution in [0, 0.1) is 10.3 Å². The van der Waals surface area contributed by atoms with Crippen molar-refractivity contribution in [2.75, 3.05) is 6.54 Å². The minimum absolute atomic E-state index is 0.0247. The van der Waals surface area contributed by atoms with Crippen LogP contribution in [-0.4, -0.2) is 6.54 Å². The zero-order chi connectivity index (χ0) is 9.73. The molecule has 0 bridgehead atoms. The van der Waals surface area contributed by atoms with Crippen molar-refractivity contribution in [3.05, 3.63) is 40.8 Å². The summed E-state index contributed by atoms with van der Waals surface area (Å²) in [4.78, 5) is 10.2. The summed E-state index contributed by atoms with van der Waals surface area (Å²) in [6, 6.07) is 10.2. The Morgan fingerprint density at radius 2 is 1.85 bits per heavy atom. The van der Waals surface area contributed by atoms with Crippen LogP contribution in [0.15, 0.2) is 35.5 Å². The predicted molar refractivity (Wildman–Crippen MR) is 54.6 cm³/mol. The van der Waals surface area contributed by atoms with Crippen molar-refractivity contribution >= 4 is 0 Å². The third kappa shape index (κ3) is 3.36. The molecule has 2 nitrogen and oxygen atoms in total. The molecule has 0 atom stereocenters. The van der Waals surface area contributed by atoms with E-state index in [4.69, 9.17) is 0 Å². The van der Waals surface area contributed by atoms with Crippen molar-refractivity contribution in [3.8, 4) is 0 Å². The van der Waals surface area contributed by atoms with Gasteiger partial charge >= 0.3 is 0 Å². The molecular formula is C11H15NO. The van der Waals surface area contributed by atoms with Crippen LogP contribution in [0.1, 0.15) is 19.4 Å². The Labute approximate surface area is 79.0 Å². The largest absolute Gasteiger partial charge is 0.151 e. The van der Waals surface area contributed by atoms with Crippen LogP contribution < -0.4 is 0 Å². The van der Waals surface area contributed by atoms with Gasteiger partial charge in [0.25, 0.3) is 0 Å². The minimum Gasteiger partial charge on any atom is -0.151 e. The van der Waals surface area contributed by atoms with Gasteiger partial charge in [0.05, 0.1) is 6.54 Å². The molecule has 0 aliphatic rings. The second-order valence-corrected chi connectivity index (χ2v) is 4.11. The fourth-order valence-electron chi connectivity index (χ4n) is 1.38. The third-order valence-electron chi connectivity index (χ3n) is 2.02. The molecule has 0 N–H and O–H groups in total. The molecule has 0 radical (unpaired) electrons. The van der Waals surface area contributed by atoms with E-state index in [1.807, 2.05) is 18.2 Å². The second-order valence-electron chi connectivity index (χ2n) is 4.11. The Hall–Kier alpha value is -1.18. The Bertz CT molecular complexity index is 267. The van der Waals surface area contributed by atoms with Crippen molar-refractivity contribution in [1.29, 1.82) is 0 Å². The highest BCUT2D eigenvalue weighted by Gasteiger charge is 2.18. The molecule has 0 unspecified atom stereocenters. The van der Waals surface area contributed by atoms with Gasteiger partial charge in [-0.15, -0.1) is 0 Å². The highest BCUT2D eigenvalue weighted by Crippen LogP contribution is 2.21. The maximum Gasteiger partial charge on any atom is 0.0865 e. The van der Waals surface area contributed by atoms with E-state index in [0.29, 0.717) is 6.54 Å². The average molecular weight is 177 g/mol. The van der Waals surface area contributed by atoms with E-state index in [1.165, 1.54) is 5.56 Å². The molecule has 1 aromatic rings. The summed E-state index contributed by atoms with van der Waals surface area (Å²) >= 11 is 0. The monoisotopic (exact) mass is 177 g/mol. The van der Waals surface area contributed by atoms with Gasteiger partial charge in [0.15, 0.2) is 0 Å². The number of rotatable bonds is 4. The first-order chi connectivity index (χ1) is 6.14. The maximum absolute atomic E-state index is 10.2. The second kappa shape index (κ2) is 4.17. The molecule has 0 aliphatic heterocycles. The molecule has 0 heterocycles. The van der Waals surface area contributed by atoms with Crippen molar-refractivity contribution in [2.24, 2.45) is 10.6 Å². The lowest BCUT2D eigenvalue weighted by Gasteiger charge is -2.20. The molecule has 0 fully saturated rings. The van der Waals surface area contributed by atoms with Gasteiger partial charge in [0.1, 0.15) is 0 Å². The number of benzene rings is 1. The van der Waals surface area contributed by atoms with Gasteiger partial charge in [0, 0.05) is 0 Å². The maximum atomic E-state index is 10.2. The van der Waals surface area contributed by atoms with Gasteiger partial charge in [-0.25, -0.2) is 0 Å². The van der Waals surface area contributed by atoms with Gasteiger partial charge in [-0.2, -0.15) is 4.91 Å². The molecule has 0 amide bonds. The number of nitroso groups, excluding NO2 is 1. The quantitative estimate of drug-likeness (QED) is 0.650. The summed E-state index contributed by atoms with van der Waals surface area (Å²) in [7, 11) is 0. The Balaban J connectivity index is 2.63. The van der Waals surface area contributed by atoms with E-state index in [-0.39, 0.29) is 5.41 Å². The summed E-state index contributed by atoms with van der Waals surface area (Å²) in [6.45, 7) is 4.49. The first kappa shape index (κ1) is 9.90. The lowest BCUT2D eigenvalue weighted by Crippen LogP contribution is -2.18. The van der Waals surface area contributed by atoms with Crippen LogP contribution in [0.2, 0.25) is 0 Å². The van der Waals surface area contributed by atoms with Gasteiger partial charge < -0.3 is 0 Å². The molecule has 70 valence electrons. The van der Waals surface area contributed by atoms with E-state index >= 15 is 0 Å².